The second-order valence-electron chi connectivity index (χ2n) is 5.76. The predicted octanol–water partition coefficient (Wildman–Crippen LogP) is 2.25. The molecule has 1 amide bonds. The summed E-state index contributed by atoms with van der Waals surface area (Å²) in [7, 11) is 0. The number of hydrogen-bond acceptors (Lipinski definition) is 3. The van der Waals surface area contributed by atoms with Gasteiger partial charge in [0, 0.05) is 0 Å². The molecule has 2 unspecified atom stereocenters. The molecular formula is C16H23FN2O2. The lowest BCUT2D eigenvalue weighted by molar-refractivity contribution is -0.121. The summed E-state index contributed by atoms with van der Waals surface area (Å²) < 4.78 is 13.5. The lowest BCUT2D eigenvalue weighted by atomic mass is 9.91. The lowest BCUT2D eigenvalue weighted by Crippen LogP contribution is -2.47. The Hall–Kier alpha value is -1.46. The van der Waals surface area contributed by atoms with E-state index in [-0.39, 0.29) is 23.7 Å². The minimum absolute atomic E-state index is 0.199. The largest absolute Gasteiger partial charge is 0.393 e. The Labute approximate surface area is 125 Å². The van der Waals surface area contributed by atoms with Gasteiger partial charge in [-0.1, -0.05) is 12.1 Å². The van der Waals surface area contributed by atoms with Crippen LogP contribution in [0.3, 0.4) is 0 Å². The molecule has 1 fully saturated rings. The van der Waals surface area contributed by atoms with E-state index < -0.39 is 5.82 Å². The number of nitrogens with zero attached hydrogens (tertiary/aromatic N) is 1. The Morgan fingerprint density at radius 2 is 1.95 bits per heavy atom. The summed E-state index contributed by atoms with van der Waals surface area (Å²) in [6, 6.07) is 5.86. The maximum atomic E-state index is 13.5. The normalized spacial score (nSPS) is 20.0. The first-order valence-corrected chi connectivity index (χ1v) is 7.46. The van der Waals surface area contributed by atoms with Crippen molar-refractivity contribution in [2.75, 3.05) is 18.4 Å². The molecule has 2 rings (SSSR count). The van der Waals surface area contributed by atoms with Crippen LogP contribution in [0.5, 0.6) is 0 Å². The van der Waals surface area contributed by atoms with E-state index in [2.05, 4.69) is 10.2 Å². The zero-order chi connectivity index (χ0) is 15.4. The van der Waals surface area contributed by atoms with Gasteiger partial charge in [0.2, 0.25) is 5.91 Å². The summed E-state index contributed by atoms with van der Waals surface area (Å²) in [6.07, 6.45) is 1.47. The highest BCUT2D eigenvalue weighted by molar-refractivity contribution is 5.94. The topological polar surface area (TPSA) is 52.6 Å². The van der Waals surface area contributed by atoms with Crippen molar-refractivity contribution in [3.8, 4) is 0 Å². The van der Waals surface area contributed by atoms with Crippen molar-refractivity contribution in [2.45, 2.75) is 38.8 Å². The minimum Gasteiger partial charge on any atom is -0.393 e. The SMILES string of the molecule is CC(O)C1CCN(C(C)C(=O)Nc2ccccc2F)CC1. The quantitative estimate of drug-likeness (QED) is 0.895. The van der Waals surface area contributed by atoms with Gasteiger partial charge in [0.1, 0.15) is 5.82 Å². The number of likely N-dealkylation sites (tertiary alicyclic amines) is 1. The van der Waals surface area contributed by atoms with Crippen LogP contribution in [0.4, 0.5) is 10.1 Å². The van der Waals surface area contributed by atoms with E-state index in [1.807, 2.05) is 13.8 Å². The van der Waals surface area contributed by atoms with Gasteiger partial charge in [-0.15, -0.1) is 0 Å². The van der Waals surface area contributed by atoms with E-state index in [1.54, 1.807) is 18.2 Å². The molecule has 21 heavy (non-hydrogen) atoms. The van der Waals surface area contributed by atoms with Crippen molar-refractivity contribution in [1.82, 2.24) is 4.90 Å². The van der Waals surface area contributed by atoms with Gasteiger partial charge >= 0.3 is 0 Å². The van der Waals surface area contributed by atoms with Crippen LogP contribution in [0.15, 0.2) is 24.3 Å². The van der Waals surface area contributed by atoms with Crippen LogP contribution in [-0.2, 0) is 4.79 Å². The molecule has 1 aliphatic heterocycles. The average Bonchev–Trinajstić information content (AvgIpc) is 2.49. The van der Waals surface area contributed by atoms with E-state index >= 15 is 0 Å². The van der Waals surface area contributed by atoms with Gasteiger partial charge in [-0.3, -0.25) is 9.69 Å². The number of nitrogens with one attached hydrogen (secondary N) is 1. The molecule has 1 aliphatic rings. The first-order chi connectivity index (χ1) is 9.99. The van der Waals surface area contributed by atoms with Crippen LogP contribution < -0.4 is 5.32 Å². The van der Waals surface area contributed by atoms with E-state index in [1.165, 1.54) is 6.07 Å². The van der Waals surface area contributed by atoms with E-state index in [4.69, 9.17) is 0 Å². The predicted molar refractivity (Wildman–Crippen MR) is 80.5 cm³/mol. The minimum atomic E-state index is -0.425. The molecule has 0 aromatic heterocycles. The van der Waals surface area contributed by atoms with Crippen LogP contribution >= 0.6 is 0 Å². The number of anilines is 1. The number of aliphatic hydroxyl groups is 1. The van der Waals surface area contributed by atoms with Crippen molar-refractivity contribution >= 4 is 11.6 Å². The number of hydrogen-bond donors (Lipinski definition) is 2. The van der Waals surface area contributed by atoms with Crippen molar-refractivity contribution in [3.05, 3.63) is 30.1 Å². The maximum absolute atomic E-state index is 13.5. The number of rotatable bonds is 4. The Morgan fingerprint density at radius 1 is 1.33 bits per heavy atom. The fourth-order valence-electron chi connectivity index (χ4n) is 2.75. The Morgan fingerprint density at radius 3 is 2.52 bits per heavy atom. The van der Waals surface area contributed by atoms with Gasteiger partial charge in [-0.25, -0.2) is 4.39 Å². The first-order valence-electron chi connectivity index (χ1n) is 7.46. The summed E-state index contributed by atoms with van der Waals surface area (Å²) >= 11 is 0. The van der Waals surface area contributed by atoms with Gasteiger partial charge in [0.15, 0.2) is 0 Å². The smallest absolute Gasteiger partial charge is 0.241 e. The number of aliphatic hydroxyl groups excluding tert-OH is 1. The number of carbonyl (C=O) groups is 1. The molecule has 2 atom stereocenters. The van der Waals surface area contributed by atoms with Gasteiger partial charge in [-0.05, 0) is 57.8 Å². The molecule has 116 valence electrons. The maximum Gasteiger partial charge on any atom is 0.241 e. The van der Waals surface area contributed by atoms with E-state index in [0.717, 1.165) is 25.9 Å². The molecule has 0 radical (unpaired) electrons. The van der Waals surface area contributed by atoms with Crippen LogP contribution in [0.2, 0.25) is 0 Å². The van der Waals surface area contributed by atoms with Gasteiger partial charge in [-0.2, -0.15) is 0 Å². The second kappa shape index (κ2) is 7.00. The highest BCUT2D eigenvalue weighted by Crippen LogP contribution is 2.22. The molecular weight excluding hydrogens is 271 g/mol. The van der Waals surface area contributed by atoms with Crippen LogP contribution in [0, 0.1) is 11.7 Å². The standard InChI is InChI=1S/C16H23FN2O2/c1-11(19-9-7-13(8-10-19)12(2)20)16(21)18-15-6-4-3-5-14(15)17/h3-6,11-13,20H,7-10H2,1-2H3,(H,18,21). The van der Waals surface area contributed by atoms with Crippen molar-refractivity contribution in [2.24, 2.45) is 5.92 Å². The molecule has 1 saturated heterocycles. The number of benzene rings is 1. The number of amides is 1. The summed E-state index contributed by atoms with van der Waals surface area (Å²) in [5.41, 5.74) is 0.216. The molecule has 2 N–H and O–H groups in total. The number of carbonyl (C=O) groups excluding carboxylic acids is 1. The molecule has 0 spiro atoms. The van der Waals surface area contributed by atoms with Crippen molar-refractivity contribution in [1.29, 1.82) is 0 Å². The molecule has 5 heteroatoms. The number of piperidine rings is 1. The third kappa shape index (κ3) is 4.02. The fraction of sp³-hybridized carbons (Fsp3) is 0.562. The molecule has 4 nitrogen and oxygen atoms in total. The highest BCUT2D eigenvalue weighted by Gasteiger charge is 2.28. The molecule has 0 aliphatic carbocycles. The van der Waals surface area contributed by atoms with Gasteiger partial charge < -0.3 is 10.4 Å². The Kier molecular flexibility index (Phi) is 5.31. The summed E-state index contributed by atoms with van der Waals surface area (Å²) in [6.45, 7) is 5.20. The highest BCUT2D eigenvalue weighted by atomic mass is 19.1. The molecule has 1 heterocycles. The van der Waals surface area contributed by atoms with Gasteiger partial charge in [0.05, 0.1) is 17.8 Å². The summed E-state index contributed by atoms with van der Waals surface area (Å²) in [4.78, 5) is 14.3. The van der Waals surface area contributed by atoms with Crippen molar-refractivity contribution in [3.63, 3.8) is 0 Å². The van der Waals surface area contributed by atoms with E-state index in [9.17, 15) is 14.3 Å². The number of para-hydroxylation sites is 1. The zero-order valence-corrected chi connectivity index (χ0v) is 12.6. The third-order valence-electron chi connectivity index (χ3n) is 4.32. The third-order valence-corrected chi connectivity index (χ3v) is 4.32. The van der Waals surface area contributed by atoms with Crippen molar-refractivity contribution < 1.29 is 14.3 Å². The second-order valence-corrected chi connectivity index (χ2v) is 5.76. The van der Waals surface area contributed by atoms with Gasteiger partial charge in [0.25, 0.3) is 0 Å². The lowest BCUT2D eigenvalue weighted by Gasteiger charge is -2.36. The van der Waals surface area contributed by atoms with E-state index in [0.29, 0.717) is 5.92 Å². The molecule has 0 saturated carbocycles. The molecule has 1 aromatic rings. The van der Waals surface area contributed by atoms with Crippen LogP contribution in [-0.4, -0.2) is 41.1 Å². The first kappa shape index (κ1) is 15.9. The molecule has 0 bridgehead atoms. The molecule has 1 aromatic carbocycles. The Bertz CT molecular complexity index is 485. The summed E-state index contributed by atoms with van der Waals surface area (Å²) in [5.74, 6) is -0.315. The summed E-state index contributed by atoms with van der Waals surface area (Å²) in [5, 5.41) is 12.2. The number of halogens is 1. The van der Waals surface area contributed by atoms with Crippen LogP contribution in [0.1, 0.15) is 26.7 Å². The van der Waals surface area contributed by atoms with Crippen LogP contribution in [0.25, 0.3) is 0 Å². The Balaban J connectivity index is 1.90. The zero-order valence-electron chi connectivity index (χ0n) is 12.6. The fourth-order valence-corrected chi connectivity index (χ4v) is 2.75. The average molecular weight is 294 g/mol. The monoisotopic (exact) mass is 294 g/mol.